The molecule has 10 heteroatoms. The average molecular weight is 537 g/mol. The topological polar surface area (TPSA) is 86.1 Å². The van der Waals surface area contributed by atoms with Crippen LogP contribution < -0.4 is 5.32 Å². The lowest BCUT2D eigenvalue weighted by molar-refractivity contribution is -0.137. The smallest absolute Gasteiger partial charge is 0.416 e. The molecule has 202 valence electrons. The van der Waals surface area contributed by atoms with Gasteiger partial charge in [-0.2, -0.15) is 13.2 Å². The Balaban J connectivity index is 1.63. The summed E-state index contributed by atoms with van der Waals surface area (Å²) >= 11 is 0. The van der Waals surface area contributed by atoms with E-state index < -0.39 is 29.2 Å². The first-order valence-corrected chi connectivity index (χ1v) is 12.2. The molecule has 1 N–H and O–H groups in total. The van der Waals surface area contributed by atoms with Gasteiger partial charge in [0.1, 0.15) is 5.69 Å². The minimum atomic E-state index is -4.64. The minimum absolute atomic E-state index is 0.168. The maximum absolute atomic E-state index is 13.6. The number of nitrogens with zero attached hydrogens (tertiary/aromatic N) is 3. The van der Waals surface area contributed by atoms with Gasteiger partial charge < -0.3 is 10.1 Å². The number of alkyl halides is 3. The van der Waals surface area contributed by atoms with E-state index in [9.17, 15) is 22.8 Å². The molecule has 1 heterocycles. The molecule has 0 spiro atoms. The predicted octanol–water partition coefficient (Wildman–Crippen LogP) is 5.85. The molecule has 0 radical (unpaired) electrons. The maximum atomic E-state index is 13.6. The largest absolute Gasteiger partial charge is 0.462 e. The molecule has 0 atom stereocenters. The Hall–Kier alpha value is -4.47. The van der Waals surface area contributed by atoms with E-state index in [0.717, 1.165) is 17.7 Å². The number of hydrogen-bond donors (Lipinski definition) is 1. The summed E-state index contributed by atoms with van der Waals surface area (Å²) in [5, 5.41) is 11.1. The molecule has 0 unspecified atom stereocenters. The quantitative estimate of drug-likeness (QED) is 0.286. The van der Waals surface area contributed by atoms with E-state index in [2.05, 4.69) is 15.6 Å². The minimum Gasteiger partial charge on any atom is -0.462 e. The van der Waals surface area contributed by atoms with Crippen LogP contribution in [-0.2, 0) is 23.0 Å². The van der Waals surface area contributed by atoms with Crippen molar-refractivity contribution in [3.63, 3.8) is 0 Å². The lowest BCUT2D eigenvalue weighted by Gasteiger charge is -2.25. The number of rotatable bonds is 8. The lowest BCUT2D eigenvalue weighted by atomic mass is 9.94. The number of aromatic nitrogens is 3. The fraction of sp³-hybridized carbons (Fsp3) is 0.241. The van der Waals surface area contributed by atoms with E-state index in [1.165, 1.54) is 18.2 Å². The van der Waals surface area contributed by atoms with Crippen LogP contribution in [0.25, 0.3) is 11.1 Å². The molecule has 0 saturated carbocycles. The van der Waals surface area contributed by atoms with E-state index in [0.29, 0.717) is 23.4 Å². The van der Waals surface area contributed by atoms with Crippen molar-refractivity contribution < 1.29 is 27.5 Å². The molecule has 1 amide bonds. The molecule has 0 aliphatic rings. The molecule has 0 bridgehead atoms. The van der Waals surface area contributed by atoms with Crippen LogP contribution in [0.4, 0.5) is 13.2 Å². The molecule has 0 fully saturated rings. The Morgan fingerprint density at radius 2 is 1.67 bits per heavy atom. The molecule has 7 nitrogen and oxygen atoms in total. The third-order valence-electron chi connectivity index (χ3n) is 6.09. The number of ether oxygens (including phenoxy) is 1. The zero-order valence-electron chi connectivity index (χ0n) is 21.6. The number of esters is 1. The van der Waals surface area contributed by atoms with Gasteiger partial charge >= 0.3 is 12.1 Å². The molecule has 39 heavy (non-hydrogen) atoms. The second-order valence-electron chi connectivity index (χ2n) is 9.42. The van der Waals surface area contributed by atoms with Crippen LogP contribution in [0.15, 0.2) is 79.0 Å². The molecule has 3 aromatic carbocycles. The zero-order chi connectivity index (χ0) is 28.2. The molecule has 4 aromatic rings. The van der Waals surface area contributed by atoms with E-state index in [1.807, 2.05) is 30.3 Å². The second kappa shape index (κ2) is 11.1. The van der Waals surface area contributed by atoms with E-state index >= 15 is 0 Å². The van der Waals surface area contributed by atoms with Crippen LogP contribution in [0, 0.1) is 0 Å². The first-order chi connectivity index (χ1) is 18.5. The molecular weight excluding hydrogens is 509 g/mol. The van der Waals surface area contributed by atoms with Gasteiger partial charge in [-0.3, -0.25) is 4.79 Å². The van der Waals surface area contributed by atoms with Crippen LogP contribution >= 0.6 is 0 Å². The molecule has 0 saturated heterocycles. The van der Waals surface area contributed by atoms with Crippen molar-refractivity contribution in [1.82, 2.24) is 20.3 Å². The fourth-order valence-electron chi connectivity index (χ4n) is 4.01. The summed E-state index contributed by atoms with van der Waals surface area (Å²) in [6.45, 7) is 5.76. The average Bonchev–Trinajstić information content (AvgIpc) is 3.38. The van der Waals surface area contributed by atoms with Gasteiger partial charge in [-0.25, -0.2) is 9.48 Å². The molecule has 0 aliphatic carbocycles. The van der Waals surface area contributed by atoms with Crippen LogP contribution in [0.2, 0.25) is 0 Å². The fourth-order valence-corrected chi connectivity index (χ4v) is 4.01. The lowest BCUT2D eigenvalue weighted by Crippen LogP contribution is -2.41. The Kier molecular flexibility index (Phi) is 7.85. The van der Waals surface area contributed by atoms with Gasteiger partial charge in [-0.15, -0.1) is 5.10 Å². The Labute approximate surface area is 223 Å². The van der Waals surface area contributed by atoms with Crippen molar-refractivity contribution in [2.24, 2.45) is 0 Å². The summed E-state index contributed by atoms with van der Waals surface area (Å²) in [6, 6.07) is 18.7. The van der Waals surface area contributed by atoms with Gasteiger partial charge in [0.2, 0.25) is 0 Å². The number of benzene rings is 3. The monoisotopic (exact) mass is 536 g/mol. The highest BCUT2D eigenvalue weighted by Crippen LogP contribution is 2.34. The number of nitrogens with one attached hydrogen (secondary N) is 1. The van der Waals surface area contributed by atoms with E-state index in [-0.39, 0.29) is 17.7 Å². The molecule has 0 aliphatic heterocycles. The van der Waals surface area contributed by atoms with Gasteiger partial charge in [-0.1, -0.05) is 53.7 Å². The first-order valence-electron chi connectivity index (χ1n) is 12.2. The highest BCUT2D eigenvalue weighted by molar-refractivity contribution is 6.01. The first kappa shape index (κ1) is 27.6. The summed E-state index contributed by atoms with van der Waals surface area (Å²) in [6.07, 6.45) is -2.95. The highest BCUT2D eigenvalue weighted by Gasteiger charge is 2.33. The van der Waals surface area contributed by atoms with Crippen LogP contribution in [0.3, 0.4) is 0 Å². The Bertz CT molecular complexity index is 1460. The number of carbonyl (C=O) groups is 2. The number of carbonyl (C=O) groups excluding carboxylic acids is 2. The SMILES string of the molecule is CCOC(=O)c1ccc(-c2ccc(C(F)(F)F)cc2C(=O)NC(C)(C)c2cn(Cc3ccccc3)nn2)cc1. The predicted molar refractivity (Wildman–Crippen MR) is 139 cm³/mol. The van der Waals surface area contributed by atoms with Crippen molar-refractivity contribution in [2.75, 3.05) is 6.61 Å². The van der Waals surface area contributed by atoms with Crippen molar-refractivity contribution in [2.45, 2.75) is 39.0 Å². The third-order valence-corrected chi connectivity index (χ3v) is 6.09. The van der Waals surface area contributed by atoms with E-state index in [4.69, 9.17) is 4.74 Å². The second-order valence-corrected chi connectivity index (χ2v) is 9.42. The molecule has 1 aromatic heterocycles. The van der Waals surface area contributed by atoms with Gasteiger partial charge in [-0.05, 0) is 61.7 Å². The van der Waals surface area contributed by atoms with Crippen molar-refractivity contribution in [3.05, 3.63) is 107 Å². The third kappa shape index (κ3) is 6.51. The van der Waals surface area contributed by atoms with Gasteiger partial charge in [0, 0.05) is 5.56 Å². The summed E-state index contributed by atoms with van der Waals surface area (Å²) < 4.78 is 47.3. The van der Waals surface area contributed by atoms with E-state index in [1.54, 1.807) is 43.8 Å². The van der Waals surface area contributed by atoms with Gasteiger partial charge in [0.15, 0.2) is 0 Å². The zero-order valence-corrected chi connectivity index (χ0v) is 21.6. The summed E-state index contributed by atoms with van der Waals surface area (Å²) in [7, 11) is 0. The van der Waals surface area contributed by atoms with Crippen LogP contribution in [0.5, 0.6) is 0 Å². The standard InChI is InChI=1S/C29H27F3N4O3/c1-4-39-27(38)21-12-10-20(11-13-21)23-15-14-22(29(30,31)32)16-24(23)26(37)33-28(2,3)25-18-36(35-34-25)17-19-8-6-5-7-9-19/h5-16,18H,4,17H2,1-3H3,(H,33,37). The summed E-state index contributed by atoms with van der Waals surface area (Å²) in [5.74, 6) is -1.23. The summed E-state index contributed by atoms with van der Waals surface area (Å²) in [4.78, 5) is 25.5. The van der Waals surface area contributed by atoms with Crippen molar-refractivity contribution in [3.8, 4) is 11.1 Å². The molecular formula is C29H27F3N4O3. The van der Waals surface area contributed by atoms with Crippen LogP contribution in [0.1, 0.15) is 58.3 Å². The Morgan fingerprint density at radius 1 is 0.974 bits per heavy atom. The number of halogens is 3. The van der Waals surface area contributed by atoms with Crippen molar-refractivity contribution >= 4 is 11.9 Å². The van der Waals surface area contributed by atoms with Crippen molar-refractivity contribution in [1.29, 1.82) is 0 Å². The Morgan fingerprint density at radius 3 is 2.31 bits per heavy atom. The highest BCUT2D eigenvalue weighted by atomic mass is 19.4. The summed E-state index contributed by atoms with van der Waals surface area (Å²) in [5.41, 5.74) is 0.318. The normalized spacial score (nSPS) is 11.7. The number of hydrogen-bond acceptors (Lipinski definition) is 5. The number of amides is 1. The maximum Gasteiger partial charge on any atom is 0.416 e. The molecule has 4 rings (SSSR count). The van der Waals surface area contributed by atoms with Gasteiger partial charge in [0.05, 0.1) is 36.0 Å². The van der Waals surface area contributed by atoms with Crippen LogP contribution in [-0.4, -0.2) is 33.5 Å². The van der Waals surface area contributed by atoms with Gasteiger partial charge in [0.25, 0.3) is 5.91 Å².